The molecule has 0 unspecified atom stereocenters. The predicted octanol–water partition coefficient (Wildman–Crippen LogP) is 2.23. The maximum atomic E-state index is 13.3. The molecule has 1 aromatic carbocycles. The highest BCUT2D eigenvalue weighted by Crippen LogP contribution is 2.36. The first-order valence-electron chi connectivity index (χ1n) is 8.51. The summed E-state index contributed by atoms with van der Waals surface area (Å²) in [5.41, 5.74) is 2.03. The highest BCUT2D eigenvalue weighted by atomic mass is 32.2. The van der Waals surface area contributed by atoms with E-state index >= 15 is 0 Å². The maximum absolute atomic E-state index is 13.3. The van der Waals surface area contributed by atoms with Crippen molar-refractivity contribution in [1.29, 1.82) is 0 Å². The van der Waals surface area contributed by atoms with Crippen LogP contribution in [0.4, 0.5) is 0 Å². The number of aryl methyl sites for hydroxylation is 2. The molecule has 5 nitrogen and oxygen atoms in total. The van der Waals surface area contributed by atoms with E-state index in [0.717, 1.165) is 47.0 Å². The summed E-state index contributed by atoms with van der Waals surface area (Å²) in [6, 6.07) is 9.67. The molecule has 0 radical (unpaired) electrons. The summed E-state index contributed by atoms with van der Waals surface area (Å²) in [5, 5.41) is 11.6. The lowest BCUT2D eigenvalue weighted by Crippen LogP contribution is -2.32. The molecule has 2 aromatic heterocycles. The number of aliphatic carboxylic acids is 1. The Morgan fingerprint density at radius 2 is 2.12 bits per heavy atom. The van der Waals surface area contributed by atoms with Crippen LogP contribution in [0.15, 0.2) is 40.3 Å². The van der Waals surface area contributed by atoms with Crippen molar-refractivity contribution in [2.75, 3.05) is 0 Å². The van der Waals surface area contributed by atoms with Gasteiger partial charge in [0.25, 0.3) is 5.56 Å². The van der Waals surface area contributed by atoms with Crippen LogP contribution < -0.4 is 10.7 Å². The normalized spacial score (nSPS) is 14.5. The highest BCUT2D eigenvalue weighted by molar-refractivity contribution is 8.00. The monoisotopic (exact) mass is 385 g/mol. The molecule has 1 aliphatic carbocycles. The lowest BCUT2D eigenvalue weighted by molar-refractivity contribution is -0.304. The summed E-state index contributed by atoms with van der Waals surface area (Å²) in [6.45, 7) is 1.92. The number of nitrogens with zero attached hydrogens (tertiary/aromatic N) is 2. The van der Waals surface area contributed by atoms with Gasteiger partial charge in [0.2, 0.25) is 0 Å². The maximum Gasteiger partial charge on any atom is 0.263 e. The third-order valence-electron chi connectivity index (χ3n) is 4.59. The van der Waals surface area contributed by atoms with Crippen LogP contribution in [0.1, 0.15) is 29.3 Å². The molecule has 134 valence electrons. The van der Waals surface area contributed by atoms with Gasteiger partial charge in [0.15, 0.2) is 5.16 Å². The van der Waals surface area contributed by atoms with Crippen molar-refractivity contribution in [2.45, 2.75) is 43.1 Å². The summed E-state index contributed by atoms with van der Waals surface area (Å²) in [5.74, 6) is -1.16. The molecule has 0 N–H and O–H groups in total. The molecule has 0 saturated heterocycles. The fourth-order valence-corrected chi connectivity index (χ4v) is 5.40. The number of hydrogen-bond donors (Lipinski definition) is 0. The number of carboxylic acids is 1. The lowest BCUT2D eigenvalue weighted by atomic mass is 10.2. The van der Waals surface area contributed by atoms with Crippen molar-refractivity contribution in [1.82, 2.24) is 9.55 Å². The zero-order valence-corrected chi connectivity index (χ0v) is 15.9. The van der Waals surface area contributed by atoms with Gasteiger partial charge in [0.05, 0.1) is 17.9 Å². The van der Waals surface area contributed by atoms with Crippen molar-refractivity contribution in [3.63, 3.8) is 0 Å². The third kappa shape index (κ3) is 3.05. The number of fused-ring (bicyclic) bond motifs is 3. The summed E-state index contributed by atoms with van der Waals surface area (Å²) in [7, 11) is 0. The first-order chi connectivity index (χ1) is 12.5. The number of rotatable bonds is 5. The smallest absolute Gasteiger partial charge is 0.263 e. The first kappa shape index (κ1) is 17.3. The van der Waals surface area contributed by atoms with Gasteiger partial charge in [-0.15, -0.1) is 11.3 Å². The Bertz CT molecular complexity index is 1040. The highest BCUT2D eigenvalue weighted by Gasteiger charge is 2.24. The number of carboxylic acid groups (broad SMARTS) is 1. The van der Waals surface area contributed by atoms with Crippen LogP contribution >= 0.6 is 23.1 Å². The van der Waals surface area contributed by atoms with E-state index in [0.29, 0.717) is 17.1 Å². The molecule has 3 aromatic rings. The van der Waals surface area contributed by atoms with E-state index in [1.807, 2.05) is 30.3 Å². The van der Waals surface area contributed by atoms with Crippen molar-refractivity contribution in [3.05, 3.63) is 56.7 Å². The molecule has 1 aliphatic rings. The van der Waals surface area contributed by atoms with Gasteiger partial charge in [-0.05, 0) is 37.3 Å². The molecule has 0 spiro atoms. The average Bonchev–Trinajstić information content (AvgIpc) is 3.19. The molecule has 4 rings (SSSR count). The van der Waals surface area contributed by atoms with Crippen molar-refractivity contribution in [3.8, 4) is 0 Å². The zero-order valence-electron chi connectivity index (χ0n) is 14.2. The molecule has 26 heavy (non-hydrogen) atoms. The second-order valence-corrected chi connectivity index (χ2v) is 8.78. The van der Waals surface area contributed by atoms with Crippen molar-refractivity contribution >= 4 is 39.3 Å². The van der Waals surface area contributed by atoms with Gasteiger partial charge >= 0.3 is 0 Å². The van der Waals surface area contributed by atoms with Crippen LogP contribution in [-0.4, -0.2) is 20.8 Å². The van der Waals surface area contributed by atoms with Gasteiger partial charge < -0.3 is 9.90 Å². The topological polar surface area (TPSA) is 75.0 Å². The number of carbonyl (C=O) groups excluding carboxylic acids is 1. The second kappa shape index (κ2) is 6.89. The Balaban J connectivity index is 1.88. The van der Waals surface area contributed by atoms with Crippen molar-refractivity contribution in [2.24, 2.45) is 0 Å². The van der Waals surface area contributed by atoms with E-state index in [1.165, 1.54) is 4.88 Å². The van der Waals surface area contributed by atoms with E-state index in [-0.39, 0.29) is 5.56 Å². The summed E-state index contributed by atoms with van der Waals surface area (Å²) < 4.78 is 1.60. The van der Waals surface area contributed by atoms with Gasteiger partial charge in [-0.3, -0.25) is 9.36 Å². The van der Waals surface area contributed by atoms with Crippen LogP contribution in [0.2, 0.25) is 0 Å². The molecule has 7 heteroatoms. The number of carbonyl (C=O) groups is 1. The minimum atomic E-state index is -1.16. The van der Waals surface area contributed by atoms with Gasteiger partial charge in [-0.2, -0.15) is 0 Å². The fraction of sp³-hybridized carbons (Fsp3) is 0.316. The SMILES string of the molecule is C[C@H](Sc1nc2sc3c(c2c(=O)n1Cc1ccccc1)CCC3)C(=O)[O-]. The molecular formula is C19H17N2O3S2-. The summed E-state index contributed by atoms with van der Waals surface area (Å²) in [6.07, 6.45) is 2.99. The molecule has 0 bridgehead atoms. The molecule has 0 saturated carbocycles. The van der Waals surface area contributed by atoms with Gasteiger partial charge in [-0.25, -0.2) is 4.98 Å². The van der Waals surface area contributed by atoms with Gasteiger partial charge in [0.1, 0.15) is 4.83 Å². The van der Waals surface area contributed by atoms with E-state index < -0.39 is 11.2 Å². The first-order valence-corrected chi connectivity index (χ1v) is 10.2. The molecule has 1 atom stereocenters. The number of thiophene rings is 1. The second-order valence-electron chi connectivity index (χ2n) is 6.39. The Morgan fingerprint density at radius 1 is 1.35 bits per heavy atom. The summed E-state index contributed by atoms with van der Waals surface area (Å²) in [4.78, 5) is 31.1. The van der Waals surface area contributed by atoms with Crippen LogP contribution in [0.3, 0.4) is 0 Å². The van der Waals surface area contributed by atoms with Gasteiger partial charge in [0, 0.05) is 10.1 Å². The number of hydrogen-bond acceptors (Lipinski definition) is 6. The lowest BCUT2D eigenvalue weighted by Gasteiger charge is -2.16. The average molecular weight is 385 g/mol. The van der Waals surface area contributed by atoms with Crippen molar-refractivity contribution < 1.29 is 9.90 Å². The number of thioether (sulfide) groups is 1. The molecule has 0 amide bonds. The minimum absolute atomic E-state index is 0.0775. The molecule has 2 heterocycles. The fourth-order valence-electron chi connectivity index (χ4n) is 3.26. The van der Waals surface area contributed by atoms with E-state index in [1.54, 1.807) is 22.8 Å². The number of aromatic nitrogens is 2. The van der Waals surface area contributed by atoms with E-state index in [9.17, 15) is 14.7 Å². The largest absolute Gasteiger partial charge is 0.549 e. The molecule has 0 fully saturated rings. The quantitative estimate of drug-likeness (QED) is 0.497. The standard InChI is InChI=1S/C19H18N2O3S2/c1-11(18(23)24)25-19-20-16-15(13-8-5-9-14(13)26-16)17(22)21(19)10-12-6-3-2-4-7-12/h2-4,6-7,11H,5,8-10H2,1H3,(H,23,24)/p-1/t11-/m0/s1. The van der Waals surface area contributed by atoms with Crippen LogP contribution in [0, 0.1) is 0 Å². The zero-order chi connectivity index (χ0) is 18.3. The minimum Gasteiger partial charge on any atom is -0.549 e. The Kier molecular flexibility index (Phi) is 4.58. The Labute approximate surface area is 158 Å². The number of benzene rings is 1. The third-order valence-corrected chi connectivity index (χ3v) is 6.84. The Hall–Kier alpha value is -2.12. The summed E-state index contributed by atoms with van der Waals surface area (Å²) >= 11 is 2.63. The predicted molar refractivity (Wildman–Crippen MR) is 102 cm³/mol. The van der Waals surface area contributed by atoms with E-state index in [2.05, 4.69) is 4.98 Å². The molecule has 0 aliphatic heterocycles. The van der Waals surface area contributed by atoms with Crippen LogP contribution in [0.25, 0.3) is 10.2 Å². The van der Waals surface area contributed by atoms with E-state index in [4.69, 9.17) is 0 Å². The van der Waals surface area contributed by atoms with Crippen LogP contribution in [0.5, 0.6) is 0 Å². The Morgan fingerprint density at radius 3 is 2.85 bits per heavy atom. The van der Waals surface area contributed by atoms with Crippen LogP contribution in [-0.2, 0) is 24.2 Å². The van der Waals surface area contributed by atoms with Gasteiger partial charge in [-0.1, -0.05) is 42.1 Å². The molecular weight excluding hydrogens is 368 g/mol.